The predicted molar refractivity (Wildman–Crippen MR) is 86.8 cm³/mol. The zero-order valence-electron chi connectivity index (χ0n) is 13.4. The van der Waals surface area contributed by atoms with E-state index in [0.717, 1.165) is 31.8 Å². The molecule has 4 nitrogen and oxygen atoms in total. The van der Waals surface area contributed by atoms with Crippen LogP contribution in [0.15, 0.2) is 6.20 Å². The van der Waals surface area contributed by atoms with Crippen molar-refractivity contribution >= 4 is 5.69 Å². The Labute approximate surface area is 128 Å². The lowest BCUT2D eigenvalue weighted by atomic mass is 9.99. The zero-order chi connectivity index (χ0) is 14.8. The van der Waals surface area contributed by atoms with Crippen molar-refractivity contribution in [2.45, 2.75) is 70.3 Å². The summed E-state index contributed by atoms with van der Waals surface area (Å²) in [7, 11) is 0. The first-order valence-electron chi connectivity index (χ1n) is 8.52. The highest BCUT2D eigenvalue weighted by molar-refractivity contribution is 5.51. The van der Waals surface area contributed by atoms with E-state index >= 15 is 0 Å². The second kappa shape index (κ2) is 6.30. The van der Waals surface area contributed by atoms with E-state index in [0.29, 0.717) is 17.9 Å². The summed E-state index contributed by atoms with van der Waals surface area (Å²) in [5, 5.41) is 0. The van der Waals surface area contributed by atoms with E-state index in [4.69, 9.17) is 10.7 Å². The molecule has 1 aliphatic heterocycles. The molecule has 1 saturated carbocycles. The van der Waals surface area contributed by atoms with Gasteiger partial charge in [0.25, 0.3) is 0 Å². The lowest BCUT2D eigenvalue weighted by Crippen LogP contribution is -2.40. The van der Waals surface area contributed by atoms with E-state index in [1.54, 1.807) is 0 Å². The largest absolute Gasteiger partial charge is 0.369 e. The molecule has 1 aromatic heterocycles. The Morgan fingerprint density at radius 1 is 1.14 bits per heavy atom. The fourth-order valence-electron chi connectivity index (χ4n) is 3.56. The number of hydrogen-bond acceptors (Lipinski definition) is 4. The summed E-state index contributed by atoms with van der Waals surface area (Å²) in [6.07, 6.45) is 9.49. The average Bonchev–Trinajstić information content (AvgIpc) is 3.01. The first-order chi connectivity index (χ1) is 10.1. The van der Waals surface area contributed by atoms with Crippen LogP contribution in [-0.4, -0.2) is 29.1 Å². The van der Waals surface area contributed by atoms with Gasteiger partial charge in [-0.2, -0.15) is 0 Å². The molecule has 2 aliphatic rings. The van der Waals surface area contributed by atoms with Gasteiger partial charge in [-0.05, 0) is 25.7 Å². The standard InChI is InChI=1S/C17H28N4/c1-12(2)17-19-11-15(21-9-7-14(18)8-10-21)16(20-17)13-5-3-4-6-13/h11-14H,3-10,18H2,1-2H3. The SMILES string of the molecule is CC(C)c1ncc(N2CCC(N)CC2)c(C2CCCC2)n1. The lowest BCUT2D eigenvalue weighted by Gasteiger charge is -2.33. The van der Waals surface area contributed by atoms with Gasteiger partial charge in [0.2, 0.25) is 0 Å². The van der Waals surface area contributed by atoms with E-state index in [1.165, 1.54) is 37.1 Å². The summed E-state index contributed by atoms with van der Waals surface area (Å²) >= 11 is 0. The van der Waals surface area contributed by atoms with Crippen LogP contribution in [0.2, 0.25) is 0 Å². The summed E-state index contributed by atoms with van der Waals surface area (Å²) in [6.45, 7) is 6.44. The molecule has 0 bridgehead atoms. The van der Waals surface area contributed by atoms with Crippen LogP contribution in [0.4, 0.5) is 5.69 Å². The number of nitrogens with two attached hydrogens (primary N) is 1. The third kappa shape index (κ3) is 3.20. The molecule has 1 aliphatic carbocycles. The number of anilines is 1. The predicted octanol–water partition coefficient (Wildman–Crippen LogP) is 3.19. The molecule has 4 heteroatoms. The van der Waals surface area contributed by atoms with Crippen LogP contribution in [0.25, 0.3) is 0 Å². The van der Waals surface area contributed by atoms with Gasteiger partial charge in [-0.25, -0.2) is 9.97 Å². The Bertz CT molecular complexity index is 472. The number of aromatic nitrogens is 2. The fourth-order valence-corrected chi connectivity index (χ4v) is 3.56. The fraction of sp³-hybridized carbons (Fsp3) is 0.765. The van der Waals surface area contributed by atoms with Gasteiger partial charge in [0.15, 0.2) is 0 Å². The molecular formula is C17H28N4. The minimum atomic E-state index is 0.368. The van der Waals surface area contributed by atoms with Crippen LogP contribution in [0, 0.1) is 0 Å². The lowest BCUT2D eigenvalue weighted by molar-refractivity contribution is 0.497. The highest BCUT2D eigenvalue weighted by Gasteiger charge is 2.26. The molecule has 21 heavy (non-hydrogen) atoms. The monoisotopic (exact) mass is 288 g/mol. The van der Waals surface area contributed by atoms with Gasteiger partial charge >= 0.3 is 0 Å². The first-order valence-corrected chi connectivity index (χ1v) is 8.52. The molecule has 1 aromatic rings. The maximum Gasteiger partial charge on any atom is 0.131 e. The second-order valence-electron chi connectivity index (χ2n) is 6.96. The Hall–Kier alpha value is -1.16. The van der Waals surface area contributed by atoms with Crippen LogP contribution in [0.1, 0.15) is 75.7 Å². The maximum atomic E-state index is 6.04. The van der Waals surface area contributed by atoms with Crippen LogP contribution < -0.4 is 10.6 Å². The molecule has 0 amide bonds. The molecule has 2 N–H and O–H groups in total. The molecule has 0 atom stereocenters. The molecule has 0 unspecified atom stereocenters. The Kier molecular flexibility index (Phi) is 4.43. The smallest absolute Gasteiger partial charge is 0.131 e. The van der Waals surface area contributed by atoms with Crippen molar-refractivity contribution < 1.29 is 0 Å². The van der Waals surface area contributed by atoms with Crippen LogP contribution in [0.5, 0.6) is 0 Å². The number of rotatable bonds is 3. The van der Waals surface area contributed by atoms with Crippen LogP contribution >= 0.6 is 0 Å². The summed E-state index contributed by atoms with van der Waals surface area (Å²) in [5.74, 6) is 2.03. The quantitative estimate of drug-likeness (QED) is 0.928. The third-order valence-corrected chi connectivity index (χ3v) is 4.96. The molecule has 3 rings (SSSR count). The van der Waals surface area contributed by atoms with E-state index in [2.05, 4.69) is 29.9 Å². The highest BCUT2D eigenvalue weighted by Crippen LogP contribution is 2.38. The van der Waals surface area contributed by atoms with Gasteiger partial charge < -0.3 is 10.6 Å². The van der Waals surface area contributed by atoms with E-state index in [-0.39, 0.29) is 0 Å². The summed E-state index contributed by atoms with van der Waals surface area (Å²) < 4.78 is 0. The Morgan fingerprint density at radius 3 is 2.43 bits per heavy atom. The first kappa shape index (κ1) is 14.8. The third-order valence-electron chi connectivity index (χ3n) is 4.96. The van der Waals surface area contributed by atoms with Crippen molar-refractivity contribution in [3.63, 3.8) is 0 Å². The normalized spacial score (nSPS) is 21.4. The summed E-state index contributed by atoms with van der Waals surface area (Å²) in [4.78, 5) is 12.0. The minimum Gasteiger partial charge on any atom is -0.369 e. The van der Waals surface area contributed by atoms with Crippen molar-refractivity contribution in [1.29, 1.82) is 0 Å². The Balaban J connectivity index is 1.90. The topological polar surface area (TPSA) is 55.0 Å². The molecule has 0 spiro atoms. The molecule has 0 radical (unpaired) electrons. The van der Waals surface area contributed by atoms with Gasteiger partial charge in [-0.3, -0.25) is 0 Å². The van der Waals surface area contributed by atoms with E-state index in [1.807, 2.05) is 0 Å². The van der Waals surface area contributed by atoms with Crippen molar-refractivity contribution in [3.05, 3.63) is 17.7 Å². The number of nitrogens with zero attached hydrogens (tertiary/aromatic N) is 3. The maximum absolute atomic E-state index is 6.04. The van der Waals surface area contributed by atoms with Crippen LogP contribution in [-0.2, 0) is 0 Å². The van der Waals surface area contributed by atoms with Gasteiger partial charge in [-0.15, -0.1) is 0 Å². The minimum absolute atomic E-state index is 0.368. The van der Waals surface area contributed by atoms with Crippen LogP contribution in [0.3, 0.4) is 0 Å². The molecule has 2 fully saturated rings. The van der Waals surface area contributed by atoms with Gasteiger partial charge in [-0.1, -0.05) is 26.7 Å². The molecule has 116 valence electrons. The van der Waals surface area contributed by atoms with Crippen molar-refractivity contribution in [1.82, 2.24) is 9.97 Å². The molecule has 0 aromatic carbocycles. The average molecular weight is 288 g/mol. The summed E-state index contributed by atoms with van der Waals surface area (Å²) in [6, 6.07) is 0.368. The van der Waals surface area contributed by atoms with Crippen molar-refractivity contribution in [2.75, 3.05) is 18.0 Å². The van der Waals surface area contributed by atoms with Gasteiger partial charge in [0, 0.05) is 31.0 Å². The number of hydrogen-bond donors (Lipinski definition) is 1. The number of piperidine rings is 1. The molecule has 2 heterocycles. The van der Waals surface area contributed by atoms with Gasteiger partial charge in [0.05, 0.1) is 17.6 Å². The second-order valence-corrected chi connectivity index (χ2v) is 6.96. The van der Waals surface area contributed by atoms with Crippen molar-refractivity contribution in [3.8, 4) is 0 Å². The highest BCUT2D eigenvalue weighted by atomic mass is 15.2. The van der Waals surface area contributed by atoms with Gasteiger partial charge in [0.1, 0.15) is 5.82 Å². The Morgan fingerprint density at radius 2 is 1.81 bits per heavy atom. The zero-order valence-corrected chi connectivity index (χ0v) is 13.4. The van der Waals surface area contributed by atoms with E-state index in [9.17, 15) is 0 Å². The van der Waals surface area contributed by atoms with Crippen molar-refractivity contribution in [2.24, 2.45) is 5.73 Å². The van der Waals surface area contributed by atoms with E-state index < -0.39 is 0 Å². The summed E-state index contributed by atoms with van der Waals surface area (Å²) in [5.41, 5.74) is 8.62. The molecular weight excluding hydrogens is 260 g/mol. The molecule has 1 saturated heterocycles.